The van der Waals surface area contributed by atoms with Gasteiger partial charge in [0.05, 0.1) is 13.0 Å². The zero-order valence-corrected chi connectivity index (χ0v) is 10.0. The fourth-order valence-corrected chi connectivity index (χ4v) is 1.89. The minimum absolute atomic E-state index is 0.246. The van der Waals surface area contributed by atoms with Crippen LogP contribution in [0.1, 0.15) is 11.5 Å². The molecule has 1 atom stereocenters. The van der Waals surface area contributed by atoms with Gasteiger partial charge >= 0.3 is 5.97 Å². The number of rotatable bonds is 3. The maximum atomic E-state index is 11.3. The average molecular weight is 278 g/mol. The van der Waals surface area contributed by atoms with Gasteiger partial charge in [0.1, 0.15) is 0 Å². The van der Waals surface area contributed by atoms with Crippen molar-refractivity contribution in [3.63, 3.8) is 0 Å². The van der Waals surface area contributed by atoms with Crippen molar-refractivity contribution in [1.29, 1.82) is 0 Å². The molecular weight excluding hydrogens is 267 g/mol. The van der Waals surface area contributed by atoms with Crippen LogP contribution in [0.15, 0.2) is 24.3 Å². The molecule has 0 saturated heterocycles. The highest BCUT2D eigenvalue weighted by atomic mass is 79.9. The second-order valence-corrected chi connectivity index (χ2v) is 3.87. The summed E-state index contributed by atoms with van der Waals surface area (Å²) in [6, 6.07) is 7.17. The molecule has 1 unspecified atom stereocenters. The highest BCUT2D eigenvalue weighted by molar-refractivity contribution is 9.09. The third kappa shape index (κ3) is 2.72. The Labute approximate surface area is 96.3 Å². The number of ether oxygens (including phenoxy) is 1. The molecule has 0 fully saturated rings. The van der Waals surface area contributed by atoms with Crippen LogP contribution < -0.4 is 0 Å². The zero-order chi connectivity index (χ0) is 10.6. The lowest BCUT2D eigenvalue weighted by Crippen LogP contribution is -2.15. The summed E-state index contributed by atoms with van der Waals surface area (Å²) in [6.45, 7) is 0. The first-order valence-corrected chi connectivity index (χ1v) is 5.58. The summed E-state index contributed by atoms with van der Waals surface area (Å²) >= 11 is 9.02. The lowest BCUT2D eigenvalue weighted by molar-refractivity contribution is -0.141. The predicted octanol–water partition coefficient (Wildman–Crippen LogP) is 2.99. The molecule has 0 saturated carbocycles. The van der Waals surface area contributed by atoms with Crippen molar-refractivity contribution in [3.8, 4) is 0 Å². The van der Waals surface area contributed by atoms with E-state index < -0.39 is 0 Å². The van der Waals surface area contributed by atoms with E-state index in [-0.39, 0.29) is 11.9 Å². The van der Waals surface area contributed by atoms with E-state index in [0.29, 0.717) is 10.4 Å². The van der Waals surface area contributed by atoms with Crippen LogP contribution in [0.3, 0.4) is 0 Å². The Morgan fingerprint density at radius 1 is 1.50 bits per heavy atom. The fourth-order valence-electron chi connectivity index (χ4n) is 1.13. The number of carbonyl (C=O) groups excluding carboxylic acids is 1. The summed E-state index contributed by atoms with van der Waals surface area (Å²) in [7, 11) is 1.38. The quantitative estimate of drug-likeness (QED) is 0.627. The number of alkyl halides is 1. The van der Waals surface area contributed by atoms with Gasteiger partial charge in [0, 0.05) is 10.4 Å². The molecule has 76 valence electrons. The molecule has 4 heteroatoms. The van der Waals surface area contributed by atoms with E-state index >= 15 is 0 Å². The first-order chi connectivity index (χ1) is 6.69. The molecule has 0 bridgehead atoms. The summed E-state index contributed by atoms with van der Waals surface area (Å²) in [4.78, 5) is 11.3. The molecule has 0 aliphatic heterocycles. The molecule has 0 aliphatic rings. The second-order valence-electron chi connectivity index (χ2n) is 2.78. The van der Waals surface area contributed by atoms with Gasteiger partial charge in [-0.25, -0.2) is 0 Å². The van der Waals surface area contributed by atoms with E-state index in [2.05, 4.69) is 20.7 Å². The van der Waals surface area contributed by atoms with Gasteiger partial charge in [0.15, 0.2) is 0 Å². The van der Waals surface area contributed by atoms with Crippen molar-refractivity contribution in [1.82, 2.24) is 0 Å². The van der Waals surface area contributed by atoms with Gasteiger partial charge in [0.25, 0.3) is 0 Å². The van der Waals surface area contributed by atoms with Crippen LogP contribution in [0.25, 0.3) is 0 Å². The van der Waals surface area contributed by atoms with Gasteiger partial charge < -0.3 is 4.74 Å². The molecule has 1 aromatic carbocycles. The van der Waals surface area contributed by atoms with Crippen LogP contribution in [0.4, 0.5) is 0 Å². The maximum absolute atomic E-state index is 11.3. The minimum Gasteiger partial charge on any atom is -0.469 e. The van der Waals surface area contributed by atoms with Gasteiger partial charge in [-0.2, -0.15) is 0 Å². The second kappa shape index (κ2) is 5.37. The number of esters is 1. The minimum atomic E-state index is -0.266. The van der Waals surface area contributed by atoms with Crippen molar-refractivity contribution in [2.24, 2.45) is 0 Å². The first-order valence-electron chi connectivity index (χ1n) is 4.08. The van der Waals surface area contributed by atoms with Crippen molar-refractivity contribution in [3.05, 3.63) is 34.9 Å². The monoisotopic (exact) mass is 276 g/mol. The van der Waals surface area contributed by atoms with E-state index in [1.165, 1.54) is 7.11 Å². The summed E-state index contributed by atoms with van der Waals surface area (Å²) in [6.07, 6.45) is 0. The number of benzene rings is 1. The highest BCUT2D eigenvalue weighted by Crippen LogP contribution is 2.21. The van der Waals surface area contributed by atoms with E-state index in [9.17, 15) is 4.79 Å². The Hall–Kier alpha value is -0.540. The van der Waals surface area contributed by atoms with Gasteiger partial charge in [0.2, 0.25) is 0 Å². The Kier molecular flexibility index (Phi) is 4.42. The van der Waals surface area contributed by atoms with Crippen LogP contribution in [0.5, 0.6) is 0 Å². The van der Waals surface area contributed by atoms with E-state index in [4.69, 9.17) is 11.6 Å². The summed E-state index contributed by atoms with van der Waals surface area (Å²) in [5.74, 6) is -0.513. The molecule has 14 heavy (non-hydrogen) atoms. The Bertz CT molecular complexity index is 310. The third-order valence-corrected chi connectivity index (χ3v) is 2.81. The molecule has 1 aromatic rings. The van der Waals surface area contributed by atoms with Gasteiger partial charge in [-0.3, -0.25) is 4.79 Å². The number of carbonyl (C=O) groups is 1. The van der Waals surface area contributed by atoms with Gasteiger partial charge in [-0.05, 0) is 17.7 Å². The van der Waals surface area contributed by atoms with Crippen molar-refractivity contribution in [2.75, 3.05) is 12.4 Å². The molecule has 0 heterocycles. The lowest BCUT2D eigenvalue weighted by Gasteiger charge is -2.11. The topological polar surface area (TPSA) is 26.3 Å². The molecule has 0 N–H and O–H groups in total. The number of hydrogen-bond acceptors (Lipinski definition) is 2. The van der Waals surface area contributed by atoms with E-state index in [0.717, 1.165) is 5.56 Å². The summed E-state index contributed by atoms with van der Waals surface area (Å²) in [5.41, 5.74) is 0.901. The Balaban J connectivity index is 2.89. The van der Waals surface area contributed by atoms with Gasteiger partial charge in [-0.1, -0.05) is 39.7 Å². The Morgan fingerprint density at radius 2 is 2.07 bits per heavy atom. The molecule has 0 aromatic heterocycles. The highest BCUT2D eigenvalue weighted by Gasteiger charge is 2.19. The first kappa shape index (κ1) is 11.5. The van der Waals surface area contributed by atoms with Crippen LogP contribution in [-0.2, 0) is 9.53 Å². The van der Waals surface area contributed by atoms with E-state index in [1.807, 2.05) is 12.1 Å². The lowest BCUT2D eigenvalue weighted by atomic mass is 10.0. The molecule has 2 nitrogen and oxygen atoms in total. The Morgan fingerprint density at radius 3 is 2.50 bits per heavy atom. The van der Waals surface area contributed by atoms with Crippen molar-refractivity contribution < 1.29 is 9.53 Å². The number of methoxy groups -OCH3 is 1. The van der Waals surface area contributed by atoms with Crippen LogP contribution >= 0.6 is 27.5 Å². The molecule has 0 aliphatic carbocycles. The van der Waals surface area contributed by atoms with Crippen LogP contribution in [-0.4, -0.2) is 18.4 Å². The molecule has 0 spiro atoms. The van der Waals surface area contributed by atoms with Gasteiger partial charge in [-0.15, -0.1) is 0 Å². The molecular formula is C10H10BrClO2. The third-order valence-electron chi connectivity index (χ3n) is 1.91. The zero-order valence-electron chi connectivity index (χ0n) is 7.67. The van der Waals surface area contributed by atoms with Crippen LogP contribution in [0.2, 0.25) is 5.02 Å². The van der Waals surface area contributed by atoms with E-state index in [1.54, 1.807) is 12.1 Å². The molecule has 0 amide bonds. The molecule has 0 radical (unpaired) electrons. The van der Waals surface area contributed by atoms with Crippen LogP contribution in [0, 0.1) is 0 Å². The largest absolute Gasteiger partial charge is 0.469 e. The van der Waals surface area contributed by atoms with Crippen molar-refractivity contribution in [2.45, 2.75) is 5.92 Å². The normalized spacial score (nSPS) is 12.2. The fraction of sp³-hybridized carbons (Fsp3) is 0.300. The predicted molar refractivity (Wildman–Crippen MR) is 60.0 cm³/mol. The summed E-state index contributed by atoms with van der Waals surface area (Å²) < 4.78 is 4.69. The SMILES string of the molecule is COC(=O)C(CBr)c1ccc(Cl)cc1. The van der Waals surface area contributed by atoms with Crippen molar-refractivity contribution >= 4 is 33.5 Å². The number of hydrogen-bond donors (Lipinski definition) is 0. The smallest absolute Gasteiger partial charge is 0.313 e. The summed E-state index contributed by atoms with van der Waals surface area (Å²) in [5, 5.41) is 1.20. The number of halogens is 2. The average Bonchev–Trinajstić information content (AvgIpc) is 2.21. The molecule has 1 rings (SSSR count). The standard InChI is InChI=1S/C10H10BrClO2/c1-14-10(13)9(6-11)7-2-4-8(12)5-3-7/h2-5,9H,6H2,1H3. The maximum Gasteiger partial charge on any atom is 0.313 e.